The molecule has 3 rings (SSSR count). The molecule has 5 nitrogen and oxygen atoms in total. The summed E-state index contributed by atoms with van der Waals surface area (Å²) in [7, 11) is 0. The molecule has 1 aliphatic heterocycles. The minimum Gasteiger partial charge on any atom is -0.347 e. The summed E-state index contributed by atoms with van der Waals surface area (Å²) in [6.07, 6.45) is 1.62. The maximum atomic E-state index is 5.75. The minimum atomic E-state index is -0.540. The van der Waals surface area contributed by atoms with Crippen LogP contribution >= 0.6 is 11.3 Å². The van der Waals surface area contributed by atoms with E-state index in [1.807, 2.05) is 32.0 Å². The lowest BCUT2D eigenvalue weighted by Crippen LogP contribution is -2.19. The highest BCUT2D eigenvalue weighted by Gasteiger charge is 2.35. The van der Waals surface area contributed by atoms with Crippen LogP contribution in [0, 0.1) is 0 Å². The first-order chi connectivity index (χ1) is 8.64. The number of hydrogen-bond acceptors (Lipinski definition) is 6. The maximum absolute atomic E-state index is 5.75. The molecule has 2 aromatic heterocycles. The third kappa shape index (κ3) is 2.27. The van der Waals surface area contributed by atoms with Gasteiger partial charge in [-0.2, -0.15) is 0 Å². The van der Waals surface area contributed by atoms with Crippen LogP contribution < -0.4 is 0 Å². The number of hydrogen-bond donors (Lipinski definition) is 0. The van der Waals surface area contributed by atoms with Gasteiger partial charge in [0, 0.05) is 6.20 Å². The van der Waals surface area contributed by atoms with E-state index in [2.05, 4.69) is 15.2 Å². The van der Waals surface area contributed by atoms with Crippen molar-refractivity contribution in [3.05, 3.63) is 29.4 Å². The highest BCUT2D eigenvalue weighted by Crippen LogP contribution is 2.35. The van der Waals surface area contributed by atoms with Crippen molar-refractivity contribution in [3.63, 3.8) is 0 Å². The van der Waals surface area contributed by atoms with E-state index in [-0.39, 0.29) is 6.10 Å². The van der Waals surface area contributed by atoms with Crippen LogP contribution in [0.2, 0.25) is 0 Å². The van der Waals surface area contributed by atoms with Crippen molar-refractivity contribution < 1.29 is 9.47 Å². The van der Waals surface area contributed by atoms with Crippen molar-refractivity contribution in [3.8, 4) is 10.7 Å². The predicted octanol–water partition coefficient (Wildman–Crippen LogP) is 2.42. The molecular weight excluding hydrogens is 250 g/mol. The molecule has 18 heavy (non-hydrogen) atoms. The van der Waals surface area contributed by atoms with Crippen LogP contribution in [0.15, 0.2) is 24.4 Å². The second-order valence-corrected chi connectivity index (χ2v) is 5.49. The summed E-state index contributed by atoms with van der Waals surface area (Å²) in [5.41, 5.74) is 0.833. The molecule has 0 aliphatic carbocycles. The van der Waals surface area contributed by atoms with Crippen LogP contribution in [0.3, 0.4) is 0 Å². The zero-order valence-electron chi connectivity index (χ0n) is 10.2. The van der Waals surface area contributed by atoms with E-state index >= 15 is 0 Å². The largest absolute Gasteiger partial charge is 0.347 e. The SMILES string of the molecule is CC1(C)OCC(c2nnc(-c3ccccn3)s2)O1. The molecule has 3 heterocycles. The third-order valence-corrected chi connectivity index (χ3v) is 3.65. The van der Waals surface area contributed by atoms with Gasteiger partial charge < -0.3 is 9.47 Å². The van der Waals surface area contributed by atoms with Gasteiger partial charge in [0.15, 0.2) is 10.8 Å². The van der Waals surface area contributed by atoms with Gasteiger partial charge in [0.2, 0.25) is 0 Å². The normalized spacial score (nSPS) is 22.2. The fraction of sp³-hybridized carbons (Fsp3) is 0.417. The van der Waals surface area contributed by atoms with Gasteiger partial charge in [-0.1, -0.05) is 17.4 Å². The quantitative estimate of drug-likeness (QED) is 0.832. The Morgan fingerprint density at radius 3 is 2.89 bits per heavy atom. The van der Waals surface area contributed by atoms with Crippen molar-refractivity contribution in [1.82, 2.24) is 15.2 Å². The summed E-state index contributed by atoms with van der Waals surface area (Å²) < 4.78 is 11.3. The Bertz CT molecular complexity index is 541. The maximum Gasteiger partial charge on any atom is 0.166 e. The standard InChI is InChI=1S/C12H13N3O2S/c1-12(2)16-7-9(17-12)11-15-14-10(18-11)8-5-3-4-6-13-8/h3-6,9H,7H2,1-2H3. The van der Waals surface area contributed by atoms with Crippen LogP contribution in [0.5, 0.6) is 0 Å². The summed E-state index contributed by atoms with van der Waals surface area (Å²) in [5, 5.41) is 9.95. The summed E-state index contributed by atoms with van der Waals surface area (Å²) in [5.74, 6) is -0.540. The summed E-state index contributed by atoms with van der Waals surface area (Å²) in [6.45, 7) is 4.31. The fourth-order valence-electron chi connectivity index (χ4n) is 1.77. The van der Waals surface area contributed by atoms with E-state index < -0.39 is 5.79 Å². The molecule has 0 aromatic carbocycles. The molecule has 94 valence electrons. The van der Waals surface area contributed by atoms with Crippen LogP contribution in [-0.4, -0.2) is 27.6 Å². The zero-order valence-corrected chi connectivity index (χ0v) is 11.0. The number of rotatable bonds is 2. The molecule has 2 aromatic rings. The highest BCUT2D eigenvalue weighted by molar-refractivity contribution is 7.14. The first kappa shape index (κ1) is 11.7. The molecule has 6 heteroatoms. The van der Waals surface area contributed by atoms with Gasteiger partial charge in [0.05, 0.1) is 6.61 Å². The van der Waals surface area contributed by atoms with E-state index in [4.69, 9.17) is 9.47 Å². The minimum absolute atomic E-state index is 0.130. The van der Waals surface area contributed by atoms with Crippen molar-refractivity contribution in [1.29, 1.82) is 0 Å². The topological polar surface area (TPSA) is 57.1 Å². The molecule has 0 spiro atoms. The van der Waals surface area contributed by atoms with Gasteiger partial charge >= 0.3 is 0 Å². The molecule has 1 aliphatic rings. The Labute approximate surface area is 109 Å². The summed E-state index contributed by atoms with van der Waals surface area (Å²) in [6, 6.07) is 5.73. The number of ether oxygens (including phenoxy) is 2. The second kappa shape index (κ2) is 4.38. The van der Waals surface area contributed by atoms with Crippen molar-refractivity contribution in [2.75, 3.05) is 6.61 Å². The molecule has 1 fully saturated rings. The highest BCUT2D eigenvalue weighted by atomic mass is 32.1. The lowest BCUT2D eigenvalue weighted by molar-refractivity contribution is -0.139. The number of nitrogens with zero attached hydrogens (tertiary/aromatic N) is 3. The second-order valence-electron chi connectivity index (χ2n) is 4.48. The number of pyridine rings is 1. The first-order valence-corrected chi connectivity index (χ1v) is 6.52. The molecule has 1 saturated heterocycles. The summed E-state index contributed by atoms with van der Waals surface area (Å²) in [4.78, 5) is 4.25. The Hall–Kier alpha value is -1.37. The van der Waals surface area contributed by atoms with Gasteiger partial charge in [-0.25, -0.2) is 0 Å². The Morgan fingerprint density at radius 2 is 2.22 bits per heavy atom. The molecular formula is C12H13N3O2S. The number of aromatic nitrogens is 3. The smallest absolute Gasteiger partial charge is 0.166 e. The lowest BCUT2D eigenvalue weighted by Gasteiger charge is -2.15. The third-order valence-electron chi connectivity index (χ3n) is 2.61. The van der Waals surface area contributed by atoms with Crippen LogP contribution in [0.4, 0.5) is 0 Å². The van der Waals surface area contributed by atoms with Crippen molar-refractivity contribution in [2.45, 2.75) is 25.7 Å². The predicted molar refractivity (Wildman–Crippen MR) is 67.0 cm³/mol. The van der Waals surface area contributed by atoms with Crippen molar-refractivity contribution >= 4 is 11.3 Å². The molecule has 1 unspecified atom stereocenters. The molecule has 0 bridgehead atoms. The van der Waals surface area contributed by atoms with Gasteiger partial charge in [-0.05, 0) is 26.0 Å². The van der Waals surface area contributed by atoms with E-state index in [9.17, 15) is 0 Å². The molecule has 0 saturated carbocycles. The van der Waals surface area contributed by atoms with Gasteiger partial charge in [0.1, 0.15) is 16.8 Å². The fourth-order valence-corrected chi connectivity index (χ4v) is 2.60. The Kier molecular flexibility index (Phi) is 2.85. The molecule has 0 N–H and O–H groups in total. The van der Waals surface area contributed by atoms with E-state index in [0.717, 1.165) is 15.7 Å². The van der Waals surface area contributed by atoms with E-state index in [1.54, 1.807) is 6.20 Å². The van der Waals surface area contributed by atoms with Gasteiger partial charge in [-0.15, -0.1) is 10.2 Å². The Balaban J connectivity index is 1.83. The monoisotopic (exact) mass is 263 g/mol. The van der Waals surface area contributed by atoms with E-state index in [0.29, 0.717) is 6.61 Å². The van der Waals surface area contributed by atoms with E-state index in [1.165, 1.54) is 11.3 Å². The molecule has 1 atom stereocenters. The Morgan fingerprint density at radius 1 is 1.33 bits per heavy atom. The summed E-state index contributed by atoms with van der Waals surface area (Å²) >= 11 is 1.49. The van der Waals surface area contributed by atoms with Gasteiger partial charge in [0.25, 0.3) is 0 Å². The van der Waals surface area contributed by atoms with Crippen LogP contribution in [-0.2, 0) is 9.47 Å². The van der Waals surface area contributed by atoms with Gasteiger partial charge in [-0.3, -0.25) is 4.98 Å². The average molecular weight is 263 g/mol. The van der Waals surface area contributed by atoms with Crippen LogP contribution in [0.1, 0.15) is 25.0 Å². The lowest BCUT2D eigenvalue weighted by atomic mass is 10.4. The molecule has 0 amide bonds. The van der Waals surface area contributed by atoms with Crippen molar-refractivity contribution in [2.24, 2.45) is 0 Å². The zero-order chi connectivity index (χ0) is 12.6. The first-order valence-electron chi connectivity index (χ1n) is 5.71. The average Bonchev–Trinajstić information content (AvgIpc) is 2.96. The van der Waals surface area contributed by atoms with Crippen LogP contribution in [0.25, 0.3) is 10.7 Å². The molecule has 0 radical (unpaired) electrons.